The number of ketones is 2. The highest BCUT2D eigenvalue weighted by molar-refractivity contribution is 6.25. The number of hydrogen-bond acceptors (Lipinski definition) is 10. The van der Waals surface area contributed by atoms with E-state index in [9.17, 15) is 45.0 Å². The van der Waals surface area contributed by atoms with Crippen LogP contribution in [0.3, 0.4) is 0 Å². The Morgan fingerprint density at radius 2 is 1.68 bits per heavy atom. The molecular formula is C23H30N2O9. The van der Waals surface area contributed by atoms with Crippen molar-refractivity contribution < 1.29 is 45.0 Å². The molecule has 0 heterocycles. The number of amides is 1. The number of likely N-dealkylation sites (N-methyl/N-ethyl adjacent to an activating group) is 1. The first-order valence-electron chi connectivity index (χ1n) is 10.3. The fourth-order valence-corrected chi connectivity index (χ4v) is 5.96. The quantitative estimate of drug-likeness (QED) is 0.243. The Labute approximate surface area is 195 Å². The Hall–Kier alpha value is -2.83. The van der Waals surface area contributed by atoms with Crippen LogP contribution in [-0.4, -0.2) is 91.0 Å². The van der Waals surface area contributed by atoms with Crippen molar-refractivity contribution in [1.29, 1.82) is 0 Å². The normalized spacial score (nSPS) is 39.2. The lowest BCUT2D eigenvalue weighted by molar-refractivity contribution is -0.207. The highest BCUT2D eigenvalue weighted by Crippen LogP contribution is 2.56. The van der Waals surface area contributed by atoms with Gasteiger partial charge in [0, 0.05) is 12.0 Å². The van der Waals surface area contributed by atoms with Crippen LogP contribution in [0.4, 0.5) is 0 Å². The zero-order valence-electron chi connectivity index (χ0n) is 18.1. The van der Waals surface area contributed by atoms with E-state index in [1.54, 1.807) is 0 Å². The van der Waals surface area contributed by atoms with Gasteiger partial charge in [0.05, 0.1) is 34.9 Å². The molecule has 11 nitrogen and oxygen atoms in total. The summed E-state index contributed by atoms with van der Waals surface area (Å²) in [6.45, 7) is 1.27. The molecule has 2 fully saturated rings. The van der Waals surface area contributed by atoms with E-state index in [0.717, 1.165) is 0 Å². The average molecular weight is 478 g/mol. The number of benzene rings is 1. The maximum absolute atomic E-state index is 13.7. The minimum Gasteiger partial charge on any atom is -0.507 e. The van der Waals surface area contributed by atoms with Crippen molar-refractivity contribution >= 4 is 23.2 Å². The van der Waals surface area contributed by atoms with E-state index >= 15 is 0 Å². The van der Waals surface area contributed by atoms with E-state index in [1.165, 1.54) is 44.1 Å². The van der Waals surface area contributed by atoms with Crippen LogP contribution >= 0.6 is 0 Å². The molecule has 0 spiro atoms. The second kappa shape index (κ2) is 7.85. The third kappa shape index (κ3) is 2.91. The number of aromatic hydroxyl groups is 1. The summed E-state index contributed by atoms with van der Waals surface area (Å²) in [5, 5.41) is 66.4. The van der Waals surface area contributed by atoms with Gasteiger partial charge < -0.3 is 41.3 Å². The van der Waals surface area contributed by atoms with Gasteiger partial charge >= 0.3 is 0 Å². The third-order valence-corrected chi connectivity index (χ3v) is 7.40. The Morgan fingerprint density at radius 1 is 1.09 bits per heavy atom. The first-order valence-corrected chi connectivity index (χ1v) is 10.3. The SMILES string of the molecule is C.CN(C)C1C(O)C(C(N)=O)C(=O)C2(O)C(=O)C3=C(O)c4c(O)cccc4C(C)(O)C3C(O)C12. The number of rotatable bonds is 2. The van der Waals surface area contributed by atoms with Crippen molar-refractivity contribution in [1.82, 2.24) is 4.90 Å². The van der Waals surface area contributed by atoms with Crippen LogP contribution in [0.2, 0.25) is 0 Å². The summed E-state index contributed by atoms with van der Waals surface area (Å²) in [5.74, 6) is -10.5. The number of aliphatic hydroxyl groups is 5. The molecule has 34 heavy (non-hydrogen) atoms. The Balaban J connectivity index is 0.00000324. The van der Waals surface area contributed by atoms with Gasteiger partial charge in [0.2, 0.25) is 11.7 Å². The van der Waals surface area contributed by atoms with E-state index in [-0.39, 0.29) is 18.6 Å². The average Bonchev–Trinajstić information content (AvgIpc) is 2.70. The number of fused-ring (bicyclic) bond motifs is 3. The van der Waals surface area contributed by atoms with Crippen molar-refractivity contribution in [3.8, 4) is 5.75 Å². The molecule has 0 aromatic heterocycles. The molecule has 1 amide bonds. The smallest absolute Gasteiger partial charge is 0.230 e. The number of carbonyl (C=O) groups is 3. The second-order valence-electron chi connectivity index (χ2n) is 9.39. The van der Waals surface area contributed by atoms with Crippen molar-refractivity contribution in [3.63, 3.8) is 0 Å². The van der Waals surface area contributed by atoms with Crippen molar-refractivity contribution in [2.75, 3.05) is 14.1 Å². The number of carbonyl (C=O) groups excluding carboxylic acids is 3. The zero-order chi connectivity index (χ0) is 24.8. The molecule has 4 rings (SSSR count). The lowest BCUT2D eigenvalue weighted by Crippen LogP contribution is -2.77. The summed E-state index contributed by atoms with van der Waals surface area (Å²) in [4.78, 5) is 40.3. The number of nitrogens with zero attached hydrogens (tertiary/aromatic N) is 1. The molecule has 0 saturated heterocycles. The first-order chi connectivity index (χ1) is 15.2. The monoisotopic (exact) mass is 478 g/mol. The Morgan fingerprint density at radius 3 is 2.21 bits per heavy atom. The van der Waals surface area contributed by atoms with Gasteiger partial charge in [-0.25, -0.2) is 0 Å². The number of Topliss-reactive ketones (excluding diaryl/α,β-unsaturated/α-hetero) is 2. The van der Waals surface area contributed by atoms with E-state index in [4.69, 9.17) is 5.73 Å². The van der Waals surface area contributed by atoms with Crippen LogP contribution in [0, 0.1) is 17.8 Å². The Bertz CT molecular complexity index is 1110. The molecule has 3 aliphatic carbocycles. The van der Waals surface area contributed by atoms with Crippen molar-refractivity contribution in [3.05, 3.63) is 34.9 Å². The van der Waals surface area contributed by atoms with Gasteiger partial charge in [-0.3, -0.25) is 14.4 Å². The lowest BCUT2D eigenvalue weighted by atomic mass is 9.51. The van der Waals surface area contributed by atoms with E-state index in [2.05, 4.69) is 0 Å². The third-order valence-electron chi connectivity index (χ3n) is 7.40. The van der Waals surface area contributed by atoms with E-state index in [1.807, 2.05) is 0 Å². The van der Waals surface area contributed by atoms with Crippen LogP contribution in [0.15, 0.2) is 23.8 Å². The fourth-order valence-electron chi connectivity index (χ4n) is 5.96. The topological polar surface area (TPSA) is 202 Å². The van der Waals surface area contributed by atoms with Gasteiger partial charge in [0.15, 0.2) is 11.4 Å². The standard InChI is InChI=1S/C22H26N2O9.CH4/c1-21(32)7-5-4-6-8(25)9(7)15(26)10-12(21)17(28)13-14(24(2)3)16(27)11(20(23)31)19(30)22(13,33)18(10)29;/h4-6,11-14,16-17,25-28,32-33H,1-3H3,(H2,23,31);1H4. The van der Waals surface area contributed by atoms with Crippen LogP contribution in [0.1, 0.15) is 25.5 Å². The van der Waals surface area contributed by atoms with Gasteiger partial charge in [-0.05, 0) is 32.6 Å². The molecule has 186 valence electrons. The number of primary amides is 1. The maximum atomic E-state index is 13.7. The van der Waals surface area contributed by atoms with Crippen LogP contribution in [0.25, 0.3) is 5.76 Å². The highest BCUT2D eigenvalue weighted by Gasteiger charge is 2.72. The van der Waals surface area contributed by atoms with Crippen LogP contribution in [0.5, 0.6) is 5.75 Å². The molecular weight excluding hydrogens is 448 g/mol. The summed E-state index contributed by atoms with van der Waals surface area (Å²) in [6.07, 6.45) is -3.60. The first kappa shape index (κ1) is 25.8. The molecule has 11 heteroatoms. The molecule has 8 atom stereocenters. The molecule has 1 aromatic rings. The van der Waals surface area contributed by atoms with Gasteiger partial charge in [-0.1, -0.05) is 19.6 Å². The summed E-state index contributed by atoms with van der Waals surface area (Å²) >= 11 is 0. The van der Waals surface area contributed by atoms with Gasteiger partial charge in [0.25, 0.3) is 0 Å². The molecule has 3 aliphatic rings. The molecule has 0 radical (unpaired) electrons. The minimum absolute atomic E-state index is 0. The van der Waals surface area contributed by atoms with Crippen molar-refractivity contribution in [2.45, 2.75) is 43.8 Å². The number of hydrogen-bond donors (Lipinski definition) is 7. The summed E-state index contributed by atoms with van der Waals surface area (Å²) in [7, 11) is 2.91. The highest BCUT2D eigenvalue weighted by atomic mass is 16.3. The largest absolute Gasteiger partial charge is 0.507 e. The fraction of sp³-hybridized carbons (Fsp3) is 0.522. The number of phenols is 1. The predicted molar refractivity (Wildman–Crippen MR) is 118 cm³/mol. The molecule has 0 aliphatic heterocycles. The van der Waals surface area contributed by atoms with E-state index in [0.29, 0.717) is 0 Å². The summed E-state index contributed by atoms with van der Waals surface area (Å²) in [6, 6.07) is 2.71. The van der Waals surface area contributed by atoms with Gasteiger partial charge in [0.1, 0.15) is 17.4 Å². The lowest BCUT2D eigenvalue weighted by Gasteiger charge is -2.57. The maximum Gasteiger partial charge on any atom is 0.230 e. The molecule has 8 unspecified atom stereocenters. The van der Waals surface area contributed by atoms with Crippen molar-refractivity contribution in [2.24, 2.45) is 23.5 Å². The number of nitrogens with two attached hydrogens (primary N) is 1. The van der Waals surface area contributed by atoms with E-state index < -0.39 is 81.8 Å². The molecule has 2 saturated carbocycles. The molecule has 1 aromatic carbocycles. The molecule has 8 N–H and O–H groups in total. The Kier molecular flexibility index (Phi) is 5.96. The summed E-state index contributed by atoms with van der Waals surface area (Å²) < 4.78 is 0. The van der Waals surface area contributed by atoms with Gasteiger partial charge in [-0.15, -0.1) is 0 Å². The zero-order valence-corrected chi connectivity index (χ0v) is 18.1. The minimum atomic E-state index is -3.04. The second-order valence-corrected chi connectivity index (χ2v) is 9.39. The van der Waals surface area contributed by atoms with Gasteiger partial charge in [-0.2, -0.15) is 0 Å². The molecule has 0 bridgehead atoms. The van der Waals surface area contributed by atoms with Crippen LogP contribution in [-0.2, 0) is 20.0 Å². The number of phenolic OH excluding ortho intramolecular Hbond substituents is 1. The number of aliphatic hydroxyl groups excluding tert-OH is 3. The van der Waals surface area contributed by atoms with Crippen LogP contribution < -0.4 is 5.73 Å². The summed E-state index contributed by atoms with van der Waals surface area (Å²) in [5.41, 5.74) is -0.693. The predicted octanol–water partition coefficient (Wildman–Crippen LogP) is -1.60.